The molecular formula is C7H6ClF2NO2S. The molecule has 14 heavy (non-hydrogen) atoms. The fourth-order valence-corrected chi connectivity index (χ4v) is 2.09. The molecule has 1 heterocycles. The molecule has 0 aliphatic heterocycles. The van der Waals surface area contributed by atoms with Crippen molar-refractivity contribution < 1.29 is 17.2 Å². The van der Waals surface area contributed by atoms with Gasteiger partial charge in [0.25, 0.3) is 15.5 Å². The maximum absolute atomic E-state index is 12.5. The Morgan fingerprint density at radius 3 is 2.36 bits per heavy atom. The number of alkyl halides is 2. The molecule has 0 spiro atoms. The SMILES string of the molecule is Cc1cncc(S(=O)(=O)Cl)c1C(F)F. The Kier molecular flexibility index (Phi) is 3.06. The minimum absolute atomic E-state index is 0.0988. The van der Waals surface area contributed by atoms with Crippen molar-refractivity contribution in [1.29, 1.82) is 0 Å². The summed E-state index contributed by atoms with van der Waals surface area (Å²) in [6.07, 6.45) is -0.911. The van der Waals surface area contributed by atoms with E-state index in [0.29, 0.717) is 0 Å². The van der Waals surface area contributed by atoms with Gasteiger partial charge in [-0.2, -0.15) is 0 Å². The summed E-state index contributed by atoms with van der Waals surface area (Å²) in [5.41, 5.74) is -0.489. The van der Waals surface area contributed by atoms with Gasteiger partial charge in [0.2, 0.25) is 0 Å². The van der Waals surface area contributed by atoms with Crippen molar-refractivity contribution >= 4 is 19.7 Å². The molecule has 0 aromatic carbocycles. The van der Waals surface area contributed by atoms with E-state index in [1.807, 2.05) is 0 Å². The molecule has 0 bridgehead atoms. The van der Waals surface area contributed by atoms with Crippen LogP contribution in [-0.2, 0) is 9.05 Å². The van der Waals surface area contributed by atoms with Gasteiger partial charge in [-0.3, -0.25) is 4.98 Å². The summed E-state index contributed by atoms with van der Waals surface area (Å²) in [5, 5.41) is 0. The van der Waals surface area contributed by atoms with Gasteiger partial charge in [-0.05, 0) is 12.5 Å². The number of hydrogen-bond donors (Lipinski definition) is 0. The molecule has 1 aromatic heterocycles. The van der Waals surface area contributed by atoms with Crippen LogP contribution in [0.2, 0.25) is 0 Å². The first-order valence-corrected chi connectivity index (χ1v) is 5.82. The van der Waals surface area contributed by atoms with E-state index in [9.17, 15) is 17.2 Å². The largest absolute Gasteiger partial charge is 0.265 e. The molecule has 0 aliphatic rings. The molecule has 0 fully saturated rings. The second-order valence-electron chi connectivity index (χ2n) is 2.61. The molecule has 78 valence electrons. The van der Waals surface area contributed by atoms with Crippen molar-refractivity contribution in [2.24, 2.45) is 0 Å². The molecule has 3 nitrogen and oxygen atoms in total. The van der Waals surface area contributed by atoms with Crippen LogP contribution in [0.25, 0.3) is 0 Å². The highest BCUT2D eigenvalue weighted by molar-refractivity contribution is 8.13. The summed E-state index contributed by atoms with van der Waals surface area (Å²) in [5.74, 6) is 0. The molecule has 7 heteroatoms. The lowest BCUT2D eigenvalue weighted by Crippen LogP contribution is -2.02. The minimum atomic E-state index is -4.17. The van der Waals surface area contributed by atoms with Crippen molar-refractivity contribution in [3.05, 3.63) is 23.5 Å². The Morgan fingerprint density at radius 2 is 2.00 bits per heavy atom. The summed E-state index contributed by atoms with van der Waals surface area (Å²) in [4.78, 5) is 2.87. The van der Waals surface area contributed by atoms with Crippen molar-refractivity contribution in [3.63, 3.8) is 0 Å². The van der Waals surface area contributed by atoms with Gasteiger partial charge >= 0.3 is 0 Å². The topological polar surface area (TPSA) is 47.0 Å². The molecule has 0 N–H and O–H groups in total. The number of aromatic nitrogens is 1. The van der Waals surface area contributed by atoms with Gasteiger partial charge < -0.3 is 0 Å². The molecule has 1 rings (SSSR count). The van der Waals surface area contributed by atoms with Gasteiger partial charge in [-0.15, -0.1) is 0 Å². The second-order valence-corrected chi connectivity index (χ2v) is 5.14. The smallest absolute Gasteiger partial charge is 0.263 e. The van der Waals surface area contributed by atoms with Crippen LogP contribution in [0.5, 0.6) is 0 Å². The zero-order valence-corrected chi connectivity index (χ0v) is 8.61. The summed E-state index contributed by atoms with van der Waals surface area (Å²) in [7, 11) is 0.807. The van der Waals surface area contributed by atoms with E-state index >= 15 is 0 Å². The van der Waals surface area contributed by atoms with Crippen LogP contribution in [-0.4, -0.2) is 13.4 Å². The second kappa shape index (κ2) is 3.78. The first-order valence-electron chi connectivity index (χ1n) is 3.51. The number of rotatable bonds is 2. The third-order valence-electron chi connectivity index (χ3n) is 1.63. The molecule has 0 atom stereocenters. The number of pyridine rings is 1. The zero-order valence-electron chi connectivity index (χ0n) is 7.04. The van der Waals surface area contributed by atoms with Gasteiger partial charge in [-0.25, -0.2) is 17.2 Å². The fourth-order valence-electron chi connectivity index (χ4n) is 1.02. The molecule has 0 unspecified atom stereocenters. The van der Waals surface area contributed by atoms with Crippen LogP contribution in [0.15, 0.2) is 17.3 Å². The average Bonchev–Trinajstić information content (AvgIpc) is 2.01. The summed E-state index contributed by atoms with van der Waals surface area (Å²) in [6.45, 7) is 1.35. The zero-order chi connectivity index (χ0) is 10.9. The first-order chi connectivity index (χ1) is 6.34. The molecule has 0 aliphatic carbocycles. The van der Waals surface area contributed by atoms with Crippen molar-refractivity contribution in [3.8, 4) is 0 Å². The summed E-state index contributed by atoms with van der Waals surface area (Å²) >= 11 is 0. The van der Waals surface area contributed by atoms with Gasteiger partial charge in [-0.1, -0.05) is 0 Å². The maximum atomic E-state index is 12.5. The number of halogens is 3. The molecular weight excluding hydrogens is 236 g/mol. The van der Waals surface area contributed by atoms with Crippen LogP contribution in [0.1, 0.15) is 17.6 Å². The molecule has 0 saturated heterocycles. The van der Waals surface area contributed by atoms with Crippen molar-refractivity contribution in [2.45, 2.75) is 18.2 Å². The van der Waals surface area contributed by atoms with Gasteiger partial charge in [0, 0.05) is 28.6 Å². The van der Waals surface area contributed by atoms with Crippen LogP contribution in [0.4, 0.5) is 8.78 Å². The number of nitrogens with zero attached hydrogens (tertiary/aromatic N) is 1. The molecule has 0 saturated carbocycles. The van der Waals surface area contributed by atoms with E-state index in [2.05, 4.69) is 4.98 Å². The predicted molar refractivity (Wildman–Crippen MR) is 47.0 cm³/mol. The lowest BCUT2D eigenvalue weighted by Gasteiger charge is -2.07. The number of hydrogen-bond acceptors (Lipinski definition) is 3. The Bertz CT molecular complexity index is 447. The lowest BCUT2D eigenvalue weighted by atomic mass is 10.2. The quantitative estimate of drug-likeness (QED) is 0.746. The van der Waals surface area contributed by atoms with E-state index in [1.54, 1.807) is 0 Å². The van der Waals surface area contributed by atoms with Gasteiger partial charge in [0.1, 0.15) is 4.90 Å². The van der Waals surface area contributed by atoms with E-state index < -0.39 is 25.9 Å². The molecule has 0 amide bonds. The molecule has 0 radical (unpaired) electrons. The highest BCUT2D eigenvalue weighted by Gasteiger charge is 2.23. The Labute approximate surface area is 84.1 Å². The van der Waals surface area contributed by atoms with Crippen LogP contribution >= 0.6 is 10.7 Å². The predicted octanol–water partition coefficient (Wildman–Crippen LogP) is 2.26. The third-order valence-corrected chi connectivity index (χ3v) is 2.98. The van der Waals surface area contributed by atoms with E-state index in [1.165, 1.54) is 6.92 Å². The standard InChI is InChI=1S/C7H6ClF2NO2S/c1-4-2-11-3-5(14(8,12)13)6(4)7(9)10/h2-3,7H,1H3. The summed E-state index contributed by atoms with van der Waals surface area (Å²) in [6, 6.07) is 0. The summed E-state index contributed by atoms with van der Waals surface area (Å²) < 4.78 is 46.7. The van der Waals surface area contributed by atoms with Gasteiger partial charge in [0.05, 0.1) is 0 Å². The maximum Gasteiger partial charge on any atom is 0.265 e. The normalized spacial score (nSPS) is 12.1. The van der Waals surface area contributed by atoms with Gasteiger partial charge in [0.15, 0.2) is 0 Å². The lowest BCUT2D eigenvalue weighted by molar-refractivity contribution is 0.147. The fraction of sp³-hybridized carbons (Fsp3) is 0.286. The minimum Gasteiger partial charge on any atom is -0.263 e. The first kappa shape index (κ1) is 11.3. The van der Waals surface area contributed by atoms with Crippen LogP contribution in [0.3, 0.4) is 0 Å². The van der Waals surface area contributed by atoms with E-state index in [-0.39, 0.29) is 5.56 Å². The average molecular weight is 242 g/mol. The third kappa shape index (κ3) is 2.19. The Hall–Kier alpha value is -0.750. The van der Waals surface area contributed by atoms with Crippen LogP contribution < -0.4 is 0 Å². The van der Waals surface area contributed by atoms with Crippen molar-refractivity contribution in [2.75, 3.05) is 0 Å². The highest BCUT2D eigenvalue weighted by atomic mass is 35.7. The van der Waals surface area contributed by atoms with Crippen LogP contribution in [0, 0.1) is 6.92 Å². The monoisotopic (exact) mass is 241 g/mol. The highest BCUT2D eigenvalue weighted by Crippen LogP contribution is 2.30. The molecule has 1 aromatic rings. The van der Waals surface area contributed by atoms with Crippen molar-refractivity contribution in [1.82, 2.24) is 4.98 Å². The Balaban J connectivity index is 3.52. The van der Waals surface area contributed by atoms with E-state index in [4.69, 9.17) is 10.7 Å². The number of aryl methyl sites for hydroxylation is 1. The Morgan fingerprint density at radius 1 is 1.43 bits per heavy atom. The van der Waals surface area contributed by atoms with E-state index in [0.717, 1.165) is 12.4 Å².